The minimum Gasteiger partial charge on any atom is -0.354 e. The van der Waals surface area contributed by atoms with Crippen LogP contribution in [-0.4, -0.2) is 36.0 Å². The quantitative estimate of drug-likeness (QED) is 0.876. The van der Waals surface area contributed by atoms with Crippen LogP contribution in [-0.2, 0) is 4.79 Å². The maximum atomic E-state index is 13.6. The zero-order valence-electron chi connectivity index (χ0n) is 13.6. The lowest BCUT2D eigenvalue weighted by Crippen LogP contribution is -2.47. The molecule has 0 aromatic heterocycles. The Bertz CT molecular complexity index is 563. The molecular formula is C17H24FN3O2. The molecule has 1 atom stereocenters. The fourth-order valence-corrected chi connectivity index (χ4v) is 2.63. The second kappa shape index (κ2) is 7.94. The van der Waals surface area contributed by atoms with Crippen LogP contribution in [0.25, 0.3) is 0 Å². The van der Waals surface area contributed by atoms with Crippen molar-refractivity contribution in [3.8, 4) is 0 Å². The van der Waals surface area contributed by atoms with Gasteiger partial charge in [-0.15, -0.1) is 0 Å². The number of para-hydroxylation sites is 1. The van der Waals surface area contributed by atoms with Gasteiger partial charge < -0.3 is 15.5 Å². The van der Waals surface area contributed by atoms with Crippen molar-refractivity contribution >= 4 is 17.6 Å². The largest absolute Gasteiger partial charge is 0.354 e. The molecule has 2 rings (SSSR count). The summed E-state index contributed by atoms with van der Waals surface area (Å²) < 4.78 is 13.6. The van der Waals surface area contributed by atoms with Crippen LogP contribution in [0.5, 0.6) is 0 Å². The third-order valence-electron chi connectivity index (χ3n) is 3.95. The number of urea groups is 1. The number of carbonyl (C=O) groups is 2. The van der Waals surface area contributed by atoms with Gasteiger partial charge in [0.2, 0.25) is 5.91 Å². The van der Waals surface area contributed by atoms with Gasteiger partial charge in [-0.2, -0.15) is 0 Å². The van der Waals surface area contributed by atoms with Crippen LogP contribution in [0.4, 0.5) is 14.9 Å². The summed E-state index contributed by atoms with van der Waals surface area (Å²) in [6, 6.07) is 5.09. The van der Waals surface area contributed by atoms with Crippen LogP contribution in [0.2, 0.25) is 0 Å². The number of hydrogen-bond acceptors (Lipinski definition) is 2. The highest BCUT2D eigenvalue weighted by atomic mass is 19.1. The second-order valence-corrected chi connectivity index (χ2v) is 6.23. The van der Waals surface area contributed by atoms with E-state index in [0.717, 1.165) is 12.8 Å². The maximum absolute atomic E-state index is 13.6. The van der Waals surface area contributed by atoms with E-state index >= 15 is 0 Å². The summed E-state index contributed by atoms with van der Waals surface area (Å²) in [6.07, 6.45) is 2.31. The van der Waals surface area contributed by atoms with Crippen molar-refractivity contribution in [3.05, 3.63) is 30.1 Å². The molecule has 6 heteroatoms. The van der Waals surface area contributed by atoms with E-state index in [1.165, 1.54) is 17.0 Å². The summed E-state index contributed by atoms with van der Waals surface area (Å²) in [5.41, 5.74) is 0.128. The van der Waals surface area contributed by atoms with Crippen LogP contribution in [0.1, 0.15) is 33.1 Å². The highest BCUT2D eigenvalue weighted by Gasteiger charge is 2.34. The Hall–Kier alpha value is -2.11. The van der Waals surface area contributed by atoms with Gasteiger partial charge in [0.05, 0.1) is 5.69 Å². The molecule has 23 heavy (non-hydrogen) atoms. The minimum absolute atomic E-state index is 0.128. The summed E-state index contributed by atoms with van der Waals surface area (Å²) in [5, 5.41) is 5.42. The predicted octanol–water partition coefficient (Wildman–Crippen LogP) is 2.98. The topological polar surface area (TPSA) is 61.4 Å². The standard InChI is InChI=1S/C17H24FN3O2/c1-12(2)9-10-19-16(22)15-8-5-11-21(15)17(23)20-14-7-4-3-6-13(14)18/h3-4,6-7,12,15H,5,8-11H2,1-2H3,(H,19,22)(H,20,23). The van der Waals surface area contributed by atoms with Crippen molar-refractivity contribution < 1.29 is 14.0 Å². The van der Waals surface area contributed by atoms with E-state index in [-0.39, 0.29) is 11.6 Å². The number of carbonyl (C=O) groups excluding carboxylic acids is 2. The van der Waals surface area contributed by atoms with Gasteiger partial charge in [-0.1, -0.05) is 26.0 Å². The van der Waals surface area contributed by atoms with Gasteiger partial charge in [0.1, 0.15) is 11.9 Å². The van der Waals surface area contributed by atoms with E-state index in [0.29, 0.717) is 25.4 Å². The zero-order valence-corrected chi connectivity index (χ0v) is 13.6. The average Bonchev–Trinajstić information content (AvgIpc) is 2.98. The molecule has 0 saturated carbocycles. The number of nitrogens with zero attached hydrogens (tertiary/aromatic N) is 1. The van der Waals surface area contributed by atoms with Crippen LogP contribution >= 0.6 is 0 Å². The molecule has 1 unspecified atom stereocenters. The Kier molecular flexibility index (Phi) is 5.96. The van der Waals surface area contributed by atoms with Gasteiger partial charge in [-0.25, -0.2) is 9.18 Å². The first-order chi connectivity index (χ1) is 11.0. The first kappa shape index (κ1) is 17.2. The molecule has 0 aliphatic carbocycles. The molecule has 0 bridgehead atoms. The first-order valence-corrected chi connectivity index (χ1v) is 8.09. The number of anilines is 1. The van der Waals surface area contributed by atoms with E-state index < -0.39 is 17.9 Å². The molecule has 1 aliphatic heterocycles. The molecular weight excluding hydrogens is 297 g/mol. The fraction of sp³-hybridized carbons (Fsp3) is 0.529. The Morgan fingerprint density at radius 1 is 1.35 bits per heavy atom. The number of rotatable bonds is 5. The van der Waals surface area contributed by atoms with Crippen LogP contribution in [0.15, 0.2) is 24.3 Å². The van der Waals surface area contributed by atoms with Crippen molar-refractivity contribution in [1.29, 1.82) is 0 Å². The first-order valence-electron chi connectivity index (χ1n) is 8.09. The van der Waals surface area contributed by atoms with E-state index in [1.807, 2.05) is 0 Å². The van der Waals surface area contributed by atoms with Crippen molar-refractivity contribution in [2.75, 3.05) is 18.4 Å². The number of halogens is 1. The molecule has 1 saturated heterocycles. The van der Waals surface area contributed by atoms with Crippen molar-refractivity contribution in [2.45, 2.75) is 39.2 Å². The number of hydrogen-bond donors (Lipinski definition) is 2. The van der Waals surface area contributed by atoms with Crippen molar-refractivity contribution in [2.24, 2.45) is 5.92 Å². The van der Waals surface area contributed by atoms with Crippen LogP contribution < -0.4 is 10.6 Å². The smallest absolute Gasteiger partial charge is 0.322 e. The van der Waals surface area contributed by atoms with E-state index in [1.54, 1.807) is 12.1 Å². The van der Waals surface area contributed by atoms with E-state index in [2.05, 4.69) is 24.5 Å². The number of nitrogens with one attached hydrogen (secondary N) is 2. The van der Waals surface area contributed by atoms with E-state index in [4.69, 9.17) is 0 Å². The lowest BCUT2D eigenvalue weighted by atomic mass is 10.1. The highest BCUT2D eigenvalue weighted by Crippen LogP contribution is 2.20. The zero-order chi connectivity index (χ0) is 16.8. The normalized spacial score (nSPS) is 17.4. The molecule has 1 aliphatic rings. The monoisotopic (exact) mass is 321 g/mol. The summed E-state index contributed by atoms with van der Waals surface area (Å²) >= 11 is 0. The van der Waals surface area contributed by atoms with Gasteiger partial charge in [0.15, 0.2) is 0 Å². The Morgan fingerprint density at radius 3 is 2.78 bits per heavy atom. The molecule has 2 N–H and O–H groups in total. The second-order valence-electron chi connectivity index (χ2n) is 6.23. The van der Waals surface area contributed by atoms with Crippen LogP contribution in [0.3, 0.4) is 0 Å². The molecule has 0 spiro atoms. The molecule has 0 radical (unpaired) electrons. The lowest BCUT2D eigenvalue weighted by Gasteiger charge is -2.24. The molecule has 1 aromatic carbocycles. The van der Waals surface area contributed by atoms with Gasteiger partial charge in [-0.05, 0) is 37.3 Å². The van der Waals surface area contributed by atoms with Crippen molar-refractivity contribution in [3.63, 3.8) is 0 Å². The molecule has 126 valence electrons. The van der Waals surface area contributed by atoms with Gasteiger partial charge in [0.25, 0.3) is 0 Å². The molecule has 3 amide bonds. The third-order valence-corrected chi connectivity index (χ3v) is 3.95. The third kappa shape index (κ3) is 4.68. The van der Waals surface area contributed by atoms with Gasteiger partial charge in [-0.3, -0.25) is 4.79 Å². The SMILES string of the molecule is CC(C)CCNC(=O)C1CCCN1C(=O)Nc1ccccc1F. The fourth-order valence-electron chi connectivity index (χ4n) is 2.63. The summed E-state index contributed by atoms with van der Waals surface area (Å²) in [4.78, 5) is 26.1. The Labute approximate surface area is 136 Å². The maximum Gasteiger partial charge on any atom is 0.322 e. The highest BCUT2D eigenvalue weighted by molar-refractivity contribution is 5.94. The summed E-state index contributed by atoms with van der Waals surface area (Å²) in [7, 11) is 0. The molecule has 5 nitrogen and oxygen atoms in total. The Balaban J connectivity index is 1.94. The minimum atomic E-state index is -0.488. The number of amides is 3. The predicted molar refractivity (Wildman–Crippen MR) is 87.6 cm³/mol. The molecule has 1 heterocycles. The molecule has 1 aromatic rings. The number of benzene rings is 1. The summed E-state index contributed by atoms with van der Waals surface area (Å²) in [6.45, 7) is 5.30. The van der Waals surface area contributed by atoms with Crippen LogP contribution in [0, 0.1) is 11.7 Å². The van der Waals surface area contributed by atoms with Gasteiger partial charge >= 0.3 is 6.03 Å². The summed E-state index contributed by atoms with van der Waals surface area (Å²) in [5.74, 6) is -0.107. The molecule has 1 fully saturated rings. The van der Waals surface area contributed by atoms with Gasteiger partial charge in [0, 0.05) is 13.1 Å². The number of likely N-dealkylation sites (tertiary alicyclic amines) is 1. The van der Waals surface area contributed by atoms with Crippen molar-refractivity contribution in [1.82, 2.24) is 10.2 Å². The van der Waals surface area contributed by atoms with E-state index in [9.17, 15) is 14.0 Å². The average molecular weight is 321 g/mol. The lowest BCUT2D eigenvalue weighted by molar-refractivity contribution is -0.124. The Morgan fingerprint density at radius 2 is 2.09 bits per heavy atom.